The van der Waals surface area contributed by atoms with Crippen molar-refractivity contribution in [2.45, 2.75) is 13.0 Å². The SMILES string of the molecule is CCN(CC(=O)Nc1cc(F)ccc1F)C1CNC1. The Morgan fingerprint density at radius 3 is 2.79 bits per heavy atom. The molecular formula is C13H17F2N3O. The number of benzene rings is 1. The van der Waals surface area contributed by atoms with Gasteiger partial charge in [-0.15, -0.1) is 0 Å². The number of hydrogen-bond acceptors (Lipinski definition) is 3. The van der Waals surface area contributed by atoms with Crippen LogP contribution in [-0.4, -0.2) is 43.0 Å². The second-order valence-corrected chi connectivity index (χ2v) is 4.55. The second-order valence-electron chi connectivity index (χ2n) is 4.55. The van der Waals surface area contributed by atoms with Crippen molar-refractivity contribution in [3.05, 3.63) is 29.8 Å². The molecule has 4 nitrogen and oxygen atoms in total. The third kappa shape index (κ3) is 3.48. The number of halogens is 2. The van der Waals surface area contributed by atoms with Crippen molar-refractivity contribution in [1.82, 2.24) is 10.2 Å². The molecule has 1 fully saturated rings. The highest BCUT2D eigenvalue weighted by atomic mass is 19.1. The minimum Gasteiger partial charge on any atom is -0.322 e. The van der Waals surface area contributed by atoms with Gasteiger partial charge in [0.25, 0.3) is 0 Å². The molecule has 2 rings (SSSR count). The Labute approximate surface area is 110 Å². The van der Waals surface area contributed by atoms with Gasteiger partial charge in [0.2, 0.25) is 5.91 Å². The second kappa shape index (κ2) is 6.08. The van der Waals surface area contributed by atoms with E-state index in [9.17, 15) is 13.6 Å². The van der Waals surface area contributed by atoms with Gasteiger partial charge in [0.05, 0.1) is 12.2 Å². The molecule has 1 heterocycles. The van der Waals surface area contributed by atoms with Gasteiger partial charge in [-0.3, -0.25) is 9.69 Å². The Kier molecular flexibility index (Phi) is 4.44. The van der Waals surface area contributed by atoms with Crippen LogP contribution in [0.4, 0.5) is 14.5 Å². The first-order valence-corrected chi connectivity index (χ1v) is 6.30. The summed E-state index contributed by atoms with van der Waals surface area (Å²) in [6.07, 6.45) is 0. The molecule has 1 aromatic carbocycles. The van der Waals surface area contributed by atoms with E-state index in [-0.39, 0.29) is 18.1 Å². The van der Waals surface area contributed by atoms with Crippen molar-refractivity contribution < 1.29 is 13.6 Å². The number of rotatable bonds is 5. The van der Waals surface area contributed by atoms with Crippen molar-refractivity contribution in [2.75, 3.05) is 31.5 Å². The van der Waals surface area contributed by atoms with Gasteiger partial charge in [-0.2, -0.15) is 0 Å². The normalized spacial score (nSPS) is 15.4. The zero-order chi connectivity index (χ0) is 13.8. The quantitative estimate of drug-likeness (QED) is 0.844. The van der Waals surface area contributed by atoms with E-state index in [4.69, 9.17) is 0 Å². The number of carbonyl (C=O) groups excluding carboxylic acids is 1. The van der Waals surface area contributed by atoms with E-state index in [1.165, 1.54) is 0 Å². The van der Waals surface area contributed by atoms with Crippen LogP contribution in [0.15, 0.2) is 18.2 Å². The van der Waals surface area contributed by atoms with Gasteiger partial charge in [0, 0.05) is 25.2 Å². The standard InChI is InChI=1S/C13H17F2N3O/c1-2-18(10-6-16-7-10)8-13(19)17-12-5-9(14)3-4-11(12)15/h3-5,10,16H,2,6-8H2,1H3,(H,17,19). The summed E-state index contributed by atoms with van der Waals surface area (Å²) in [4.78, 5) is 13.8. The highest BCUT2D eigenvalue weighted by Crippen LogP contribution is 2.15. The molecule has 19 heavy (non-hydrogen) atoms. The average molecular weight is 269 g/mol. The lowest BCUT2D eigenvalue weighted by Crippen LogP contribution is -2.58. The third-order valence-electron chi connectivity index (χ3n) is 3.23. The molecule has 0 spiro atoms. The first-order chi connectivity index (χ1) is 9.10. The molecule has 1 saturated heterocycles. The van der Waals surface area contributed by atoms with Crippen LogP contribution >= 0.6 is 0 Å². The first-order valence-electron chi connectivity index (χ1n) is 6.30. The van der Waals surface area contributed by atoms with E-state index in [0.29, 0.717) is 6.04 Å². The van der Waals surface area contributed by atoms with Crippen LogP contribution in [0, 0.1) is 11.6 Å². The van der Waals surface area contributed by atoms with Crippen LogP contribution in [0.3, 0.4) is 0 Å². The maximum atomic E-state index is 13.4. The number of amides is 1. The molecule has 0 bridgehead atoms. The van der Waals surface area contributed by atoms with Crippen LogP contribution in [0.1, 0.15) is 6.92 Å². The molecule has 0 unspecified atom stereocenters. The van der Waals surface area contributed by atoms with E-state index in [1.807, 2.05) is 11.8 Å². The Morgan fingerprint density at radius 2 is 2.21 bits per heavy atom. The molecule has 0 radical (unpaired) electrons. The van der Waals surface area contributed by atoms with Gasteiger partial charge in [-0.1, -0.05) is 6.92 Å². The van der Waals surface area contributed by atoms with Gasteiger partial charge in [-0.05, 0) is 18.7 Å². The van der Waals surface area contributed by atoms with Crippen LogP contribution in [-0.2, 0) is 4.79 Å². The van der Waals surface area contributed by atoms with Crippen molar-refractivity contribution in [1.29, 1.82) is 0 Å². The monoisotopic (exact) mass is 269 g/mol. The molecule has 0 aliphatic carbocycles. The van der Waals surface area contributed by atoms with Gasteiger partial charge in [0.1, 0.15) is 11.6 Å². The van der Waals surface area contributed by atoms with E-state index in [2.05, 4.69) is 10.6 Å². The minimum atomic E-state index is -0.636. The lowest BCUT2D eigenvalue weighted by atomic mass is 10.1. The van der Waals surface area contributed by atoms with E-state index >= 15 is 0 Å². The lowest BCUT2D eigenvalue weighted by Gasteiger charge is -2.37. The number of likely N-dealkylation sites (N-methyl/N-ethyl adjacent to an activating group) is 1. The molecular weight excluding hydrogens is 252 g/mol. The van der Waals surface area contributed by atoms with E-state index in [1.54, 1.807) is 0 Å². The fraction of sp³-hybridized carbons (Fsp3) is 0.462. The zero-order valence-corrected chi connectivity index (χ0v) is 10.7. The summed E-state index contributed by atoms with van der Waals surface area (Å²) in [7, 11) is 0. The van der Waals surface area contributed by atoms with E-state index < -0.39 is 11.6 Å². The van der Waals surface area contributed by atoms with Crippen LogP contribution in [0.5, 0.6) is 0 Å². The number of anilines is 1. The molecule has 1 aliphatic heterocycles. The number of carbonyl (C=O) groups is 1. The summed E-state index contributed by atoms with van der Waals surface area (Å²) >= 11 is 0. The predicted octanol–water partition coefficient (Wildman–Crippen LogP) is 1.20. The summed E-state index contributed by atoms with van der Waals surface area (Å²) in [5, 5.41) is 5.54. The molecule has 104 valence electrons. The summed E-state index contributed by atoms with van der Waals surface area (Å²) in [6.45, 7) is 4.60. The van der Waals surface area contributed by atoms with Gasteiger partial charge in [0.15, 0.2) is 0 Å². The lowest BCUT2D eigenvalue weighted by molar-refractivity contribution is -0.118. The number of nitrogens with one attached hydrogen (secondary N) is 2. The third-order valence-corrected chi connectivity index (χ3v) is 3.23. The first kappa shape index (κ1) is 13.9. The zero-order valence-electron chi connectivity index (χ0n) is 10.7. The van der Waals surface area contributed by atoms with Crippen molar-refractivity contribution in [3.63, 3.8) is 0 Å². The summed E-state index contributed by atoms with van der Waals surface area (Å²) in [6, 6.07) is 3.34. The molecule has 0 saturated carbocycles. The van der Waals surface area contributed by atoms with Crippen LogP contribution < -0.4 is 10.6 Å². The summed E-state index contributed by atoms with van der Waals surface area (Å²) < 4.78 is 26.4. The smallest absolute Gasteiger partial charge is 0.238 e. The number of nitrogens with zero attached hydrogens (tertiary/aromatic N) is 1. The van der Waals surface area contributed by atoms with Crippen molar-refractivity contribution >= 4 is 11.6 Å². The Hall–Kier alpha value is -1.53. The highest BCUT2D eigenvalue weighted by Gasteiger charge is 2.25. The Bertz CT molecular complexity index is 463. The molecule has 0 aromatic heterocycles. The van der Waals surface area contributed by atoms with Crippen molar-refractivity contribution in [3.8, 4) is 0 Å². The van der Waals surface area contributed by atoms with Gasteiger partial charge in [-0.25, -0.2) is 8.78 Å². The Morgan fingerprint density at radius 1 is 1.47 bits per heavy atom. The van der Waals surface area contributed by atoms with Crippen molar-refractivity contribution in [2.24, 2.45) is 0 Å². The fourth-order valence-corrected chi connectivity index (χ4v) is 2.00. The number of hydrogen-bond donors (Lipinski definition) is 2. The summed E-state index contributed by atoms with van der Waals surface area (Å²) in [5.74, 6) is -1.55. The minimum absolute atomic E-state index is 0.118. The van der Waals surface area contributed by atoms with Crippen LogP contribution in [0.25, 0.3) is 0 Å². The van der Waals surface area contributed by atoms with Crippen LogP contribution in [0.2, 0.25) is 0 Å². The molecule has 1 amide bonds. The van der Waals surface area contributed by atoms with Gasteiger partial charge >= 0.3 is 0 Å². The summed E-state index contributed by atoms with van der Waals surface area (Å²) in [5.41, 5.74) is -0.118. The van der Waals surface area contributed by atoms with Gasteiger partial charge < -0.3 is 10.6 Å². The Balaban J connectivity index is 1.94. The highest BCUT2D eigenvalue weighted by molar-refractivity contribution is 5.92. The maximum Gasteiger partial charge on any atom is 0.238 e. The topological polar surface area (TPSA) is 44.4 Å². The molecule has 1 aliphatic rings. The molecule has 0 atom stereocenters. The largest absolute Gasteiger partial charge is 0.322 e. The maximum absolute atomic E-state index is 13.4. The fourth-order valence-electron chi connectivity index (χ4n) is 2.00. The molecule has 2 N–H and O–H groups in total. The molecule has 6 heteroatoms. The predicted molar refractivity (Wildman–Crippen MR) is 68.9 cm³/mol. The molecule has 1 aromatic rings. The van der Waals surface area contributed by atoms with E-state index in [0.717, 1.165) is 37.8 Å². The average Bonchev–Trinajstić information content (AvgIpc) is 2.30.